The minimum Gasteiger partial charge on any atom is -0.494 e. The van der Waals surface area contributed by atoms with Crippen LogP contribution in [0.4, 0.5) is 0 Å². The molecule has 2 N–H and O–H groups in total. The van der Waals surface area contributed by atoms with Gasteiger partial charge in [0.2, 0.25) is 0 Å². The highest BCUT2D eigenvalue weighted by molar-refractivity contribution is 5.84. The van der Waals surface area contributed by atoms with Crippen LogP contribution in [-0.2, 0) is 6.54 Å². The van der Waals surface area contributed by atoms with Gasteiger partial charge in [0.15, 0.2) is 0 Å². The van der Waals surface area contributed by atoms with Gasteiger partial charge in [-0.3, -0.25) is 0 Å². The molecule has 0 aliphatic heterocycles. The molecule has 4 heteroatoms. The number of nitrogens with zero attached hydrogens (tertiary/aromatic N) is 1. The van der Waals surface area contributed by atoms with E-state index in [1.165, 1.54) is 6.42 Å². The summed E-state index contributed by atoms with van der Waals surface area (Å²) in [7, 11) is 1.66. The van der Waals surface area contributed by atoms with E-state index in [0.717, 1.165) is 35.2 Å². The van der Waals surface area contributed by atoms with Gasteiger partial charge < -0.3 is 15.2 Å². The number of pyridine rings is 1. The van der Waals surface area contributed by atoms with Crippen molar-refractivity contribution in [2.24, 2.45) is 0 Å². The topological polar surface area (TPSA) is 54.4 Å². The molecule has 1 saturated carbocycles. The van der Waals surface area contributed by atoms with E-state index in [9.17, 15) is 5.11 Å². The molecule has 0 atom stereocenters. The molecule has 0 amide bonds. The van der Waals surface area contributed by atoms with Crippen LogP contribution in [-0.4, -0.2) is 29.3 Å². The second-order valence-corrected chi connectivity index (χ2v) is 5.48. The number of aliphatic hydroxyl groups excluding tert-OH is 1. The van der Waals surface area contributed by atoms with Crippen molar-refractivity contribution < 1.29 is 9.84 Å². The van der Waals surface area contributed by atoms with E-state index < -0.39 is 0 Å². The summed E-state index contributed by atoms with van der Waals surface area (Å²) in [6.07, 6.45) is 3.27. The Balaban J connectivity index is 1.82. The molecule has 0 bridgehead atoms. The summed E-state index contributed by atoms with van der Waals surface area (Å²) < 4.78 is 5.36. The van der Waals surface area contributed by atoms with Crippen LogP contribution < -0.4 is 10.1 Å². The van der Waals surface area contributed by atoms with Crippen molar-refractivity contribution in [2.75, 3.05) is 13.7 Å². The van der Waals surface area contributed by atoms with Crippen molar-refractivity contribution >= 4 is 10.9 Å². The number of aromatic nitrogens is 1. The van der Waals surface area contributed by atoms with Gasteiger partial charge in [0.05, 0.1) is 19.4 Å². The predicted octanol–water partition coefficient (Wildman–Crippen LogP) is 2.25. The summed E-state index contributed by atoms with van der Waals surface area (Å²) in [5, 5.41) is 14.0. The summed E-state index contributed by atoms with van der Waals surface area (Å²) >= 11 is 0. The molecule has 106 valence electrons. The molecule has 0 spiro atoms. The molecule has 0 saturated heterocycles. The Morgan fingerprint density at radius 3 is 2.80 bits per heavy atom. The lowest BCUT2D eigenvalue weighted by Crippen LogP contribution is -2.53. The van der Waals surface area contributed by atoms with E-state index in [1.807, 2.05) is 24.3 Å². The monoisotopic (exact) mass is 272 g/mol. The summed E-state index contributed by atoms with van der Waals surface area (Å²) in [5.74, 6) is 0.796. The van der Waals surface area contributed by atoms with Gasteiger partial charge in [-0.15, -0.1) is 0 Å². The molecule has 0 unspecified atom stereocenters. The van der Waals surface area contributed by atoms with E-state index >= 15 is 0 Å². The first-order valence-corrected chi connectivity index (χ1v) is 7.05. The maximum absolute atomic E-state index is 9.47. The molecule has 1 heterocycles. The Morgan fingerprint density at radius 1 is 1.30 bits per heavy atom. The van der Waals surface area contributed by atoms with E-state index in [-0.39, 0.29) is 12.1 Å². The smallest absolute Gasteiger partial charge is 0.145 e. The number of hydrogen-bond acceptors (Lipinski definition) is 4. The molecule has 1 aromatic carbocycles. The molecule has 1 aliphatic carbocycles. The highest BCUT2D eigenvalue weighted by Gasteiger charge is 2.35. The number of rotatable bonds is 5. The standard InChI is InChI=1S/C16H20N2O2/c1-20-14-5-2-4-12-6-7-13(18-15(12)14)10-17-16(11-19)8-3-9-16/h2,4-7,17,19H,3,8-11H2,1H3. The molecule has 3 rings (SSSR count). The van der Waals surface area contributed by atoms with Gasteiger partial charge in [0, 0.05) is 17.5 Å². The molecular formula is C16H20N2O2. The lowest BCUT2D eigenvalue weighted by atomic mass is 9.77. The first-order valence-electron chi connectivity index (χ1n) is 7.05. The summed E-state index contributed by atoms with van der Waals surface area (Å²) in [5.41, 5.74) is 1.78. The third-order valence-electron chi connectivity index (χ3n) is 4.22. The Kier molecular flexibility index (Phi) is 3.59. The van der Waals surface area contributed by atoms with Crippen LogP contribution in [0.3, 0.4) is 0 Å². The average molecular weight is 272 g/mol. The molecular weight excluding hydrogens is 252 g/mol. The van der Waals surface area contributed by atoms with Crippen LogP contribution in [0.2, 0.25) is 0 Å². The second-order valence-electron chi connectivity index (χ2n) is 5.48. The molecule has 0 radical (unpaired) electrons. The zero-order valence-electron chi connectivity index (χ0n) is 11.7. The fraction of sp³-hybridized carbons (Fsp3) is 0.438. The van der Waals surface area contributed by atoms with Gasteiger partial charge in [-0.05, 0) is 31.4 Å². The maximum atomic E-state index is 9.47. The van der Waals surface area contributed by atoms with Crippen LogP contribution in [0.5, 0.6) is 5.75 Å². The number of benzene rings is 1. The zero-order valence-corrected chi connectivity index (χ0v) is 11.7. The quantitative estimate of drug-likeness (QED) is 0.876. The number of para-hydroxylation sites is 1. The largest absolute Gasteiger partial charge is 0.494 e. The van der Waals surface area contributed by atoms with Crippen LogP contribution in [0.25, 0.3) is 10.9 Å². The van der Waals surface area contributed by atoms with Gasteiger partial charge in [0.25, 0.3) is 0 Å². The minimum atomic E-state index is -0.0859. The normalized spacial score (nSPS) is 16.9. The number of fused-ring (bicyclic) bond motifs is 1. The molecule has 2 aromatic rings. The molecule has 1 aromatic heterocycles. The number of methoxy groups -OCH3 is 1. The van der Waals surface area contributed by atoms with E-state index in [0.29, 0.717) is 6.54 Å². The fourth-order valence-electron chi connectivity index (χ4n) is 2.70. The molecule has 4 nitrogen and oxygen atoms in total. The van der Waals surface area contributed by atoms with Gasteiger partial charge in [-0.25, -0.2) is 4.98 Å². The number of hydrogen-bond donors (Lipinski definition) is 2. The number of ether oxygens (including phenoxy) is 1. The third kappa shape index (κ3) is 2.37. The predicted molar refractivity (Wildman–Crippen MR) is 78.8 cm³/mol. The summed E-state index contributed by atoms with van der Waals surface area (Å²) in [6.45, 7) is 0.873. The van der Waals surface area contributed by atoms with Crippen molar-refractivity contribution in [1.29, 1.82) is 0 Å². The van der Waals surface area contributed by atoms with Crippen molar-refractivity contribution in [3.05, 3.63) is 36.0 Å². The highest BCUT2D eigenvalue weighted by Crippen LogP contribution is 2.31. The zero-order chi connectivity index (χ0) is 14.0. The molecule has 1 aliphatic rings. The van der Waals surface area contributed by atoms with Crippen molar-refractivity contribution in [2.45, 2.75) is 31.3 Å². The lowest BCUT2D eigenvalue weighted by Gasteiger charge is -2.41. The van der Waals surface area contributed by atoms with Gasteiger partial charge >= 0.3 is 0 Å². The highest BCUT2D eigenvalue weighted by atomic mass is 16.5. The Labute approximate surface area is 118 Å². The van der Waals surface area contributed by atoms with Crippen LogP contribution in [0.1, 0.15) is 25.0 Å². The first kappa shape index (κ1) is 13.3. The van der Waals surface area contributed by atoms with Crippen LogP contribution >= 0.6 is 0 Å². The Bertz CT molecular complexity index is 603. The van der Waals surface area contributed by atoms with Crippen molar-refractivity contribution in [3.63, 3.8) is 0 Å². The second kappa shape index (κ2) is 5.38. The minimum absolute atomic E-state index is 0.0859. The van der Waals surface area contributed by atoms with E-state index in [2.05, 4.69) is 16.4 Å². The maximum Gasteiger partial charge on any atom is 0.145 e. The van der Waals surface area contributed by atoms with Crippen molar-refractivity contribution in [3.8, 4) is 5.75 Å². The summed E-state index contributed by atoms with van der Waals surface area (Å²) in [4.78, 5) is 4.67. The SMILES string of the molecule is COc1cccc2ccc(CNC3(CO)CCC3)nc12. The Morgan fingerprint density at radius 2 is 2.15 bits per heavy atom. The van der Waals surface area contributed by atoms with Gasteiger partial charge in [-0.1, -0.05) is 18.2 Å². The summed E-state index contributed by atoms with van der Waals surface area (Å²) in [6, 6.07) is 10.0. The molecule has 1 fully saturated rings. The van der Waals surface area contributed by atoms with Crippen LogP contribution in [0.15, 0.2) is 30.3 Å². The third-order valence-corrected chi connectivity index (χ3v) is 4.22. The van der Waals surface area contributed by atoms with E-state index in [4.69, 9.17) is 4.74 Å². The average Bonchev–Trinajstić information content (AvgIpc) is 2.46. The van der Waals surface area contributed by atoms with Crippen LogP contribution in [0, 0.1) is 0 Å². The first-order chi connectivity index (χ1) is 9.76. The number of nitrogens with one attached hydrogen (secondary N) is 1. The van der Waals surface area contributed by atoms with Gasteiger partial charge in [-0.2, -0.15) is 0 Å². The molecule has 20 heavy (non-hydrogen) atoms. The Hall–Kier alpha value is -1.65. The van der Waals surface area contributed by atoms with Gasteiger partial charge in [0.1, 0.15) is 11.3 Å². The lowest BCUT2D eigenvalue weighted by molar-refractivity contribution is 0.0869. The van der Waals surface area contributed by atoms with E-state index in [1.54, 1.807) is 7.11 Å². The van der Waals surface area contributed by atoms with Crippen molar-refractivity contribution in [1.82, 2.24) is 10.3 Å². The fourth-order valence-corrected chi connectivity index (χ4v) is 2.70. The number of aliphatic hydroxyl groups is 1.